The molecule has 0 radical (unpaired) electrons. The van der Waals surface area contributed by atoms with Gasteiger partial charge in [0.1, 0.15) is 5.75 Å². The van der Waals surface area contributed by atoms with Crippen molar-refractivity contribution in [1.29, 1.82) is 0 Å². The molecule has 7 nitrogen and oxygen atoms in total. The Bertz CT molecular complexity index is 1360. The van der Waals surface area contributed by atoms with Gasteiger partial charge in [0.2, 0.25) is 0 Å². The minimum Gasteiger partial charge on any atom is -0.508 e. The molecule has 7 heteroatoms. The van der Waals surface area contributed by atoms with Crippen molar-refractivity contribution in [3.8, 4) is 34.2 Å². The molecule has 0 unspecified atom stereocenters. The molecule has 1 heterocycles. The molecule has 0 aliphatic carbocycles. The van der Waals surface area contributed by atoms with Crippen LogP contribution in [0.2, 0.25) is 0 Å². The Balaban J connectivity index is 0.00000158. The molecule has 3 N–H and O–H groups in total. The minimum absolute atomic E-state index is 0.0206. The molecule has 0 saturated carbocycles. The molecule has 0 aliphatic heterocycles. The van der Waals surface area contributed by atoms with Crippen molar-refractivity contribution in [3.63, 3.8) is 0 Å². The van der Waals surface area contributed by atoms with E-state index in [1.54, 1.807) is 72.9 Å². The summed E-state index contributed by atoms with van der Waals surface area (Å²) >= 11 is 0. The molecule has 0 aliphatic rings. The highest BCUT2D eigenvalue weighted by Crippen LogP contribution is 2.27. The van der Waals surface area contributed by atoms with Crippen LogP contribution in [0.25, 0.3) is 23.0 Å². The van der Waals surface area contributed by atoms with Gasteiger partial charge in [0.05, 0.1) is 18.5 Å². The van der Waals surface area contributed by atoms with Gasteiger partial charge in [0.25, 0.3) is 0 Å². The number of ketones is 1. The molecular weight excluding hydrogens is 432 g/mol. The van der Waals surface area contributed by atoms with Crippen molar-refractivity contribution in [2.75, 3.05) is 7.11 Å². The van der Waals surface area contributed by atoms with Gasteiger partial charge in [-0.3, -0.25) is 9.36 Å². The average molecular weight is 459 g/mol. The SMILES string of the molecule is CC.COc1cc(/C=C/C(=O)c2cccc(-n3cc(-c4ccc(O)cc4)[nH]c3=O)c2)ccc1O. The van der Waals surface area contributed by atoms with Gasteiger partial charge in [0.15, 0.2) is 17.3 Å². The van der Waals surface area contributed by atoms with Crippen LogP contribution in [0.5, 0.6) is 17.2 Å². The highest BCUT2D eigenvalue weighted by atomic mass is 16.5. The van der Waals surface area contributed by atoms with Gasteiger partial charge in [-0.15, -0.1) is 0 Å². The number of phenols is 2. The number of phenolic OH excluding ortho intramolecular Hbond substituents is 2. The van der Waals surface area contributed by atoms with Crippen LogP contribution >= 0.6 is 0 Å². The van der Waals surface area contributed by atoms with E-state index in [9.17, 15) is 19.8 Å². The van der Waals surface area contributed by atoms with Crippen LogP contribution in [0.15, 0.2) is 83.8 Å². The fraction of sp³-hybridized carbons (Fsp3) is 0.111. The monoisotopic (exact) mass is 458 g/mol. The van der Waals surface area contributed by atoms with Crippen molar-refractivity contribution in [2.24, 2.45) is 0 Å². The van der Waals surface area contributed by atoms with Gasteiger partial charge >= 0.3 is 5.69 Å². The number of carbonyl (C=O) groups is 1. The van der Waals surface area contributed by atoms with Crippen LogP contribution in [0.3, 0.4) is 0 Å². The number of aromatic hydroxyl groups is 2. The van der Waals surface area contributed by atoms with Crippen molar-refractivity contribution >= 4 is 11.9 Å². The molecule has 0 amide bonds. The fourth-order valence-electron chi connectivity index (χ4n) is 3.25. The summed E-state index contributed by atoms with van der Waals surface area (Å²) in [6.45, 7) is 4.00. The first-order valence-electron chi connectivity index (χ1n) is 10.8. The second-order valence-electron chi connectivity index (χ2n) is 7.07. The number of nitrogens with zero attached hydrogens (tertiary/aromatic N) is 1. The number of hydrogen-bond acceptors (Lipinski definition) is 5. The third kappa shape index (κ3) is 5.45. The zero-order valence-corrected chi connectivity index (χ0v) is 19.1. The second kappa shape index (κ2) is 10.9. The lowest BCUT2D eigenvalue weighted by molar-refractivity contribution is 0.104. The summed E-state index contributed by atoms with van der Waals surface area (Å²) in [6.07, 6.45) is 4.70. The Morgan fingerprint density at radius 2 is 1.74 bits per heavy atom. The van der Waals surface area contributed by atoms with Gasteiger partial charge in [-0.1, -0.05) is 38.1 Å². The van der Waals surface area contributed by atoms with E-state index in [1.807, 2.05) is 13.8 Å². The van der Waals surface area contributed by atoms with Gasteiger partial charge in [-0.2, -0.15) is 0 Å². The van der Waals surface area contributed by atoms with Crippen LogP contribution in [0, 0.1) is 0 Å². The van der Waals surface area contributed by atoms with Crippen molar-refractivity contribution < 1.29 is 19.7 Å². The lowest BCUT2D eigenvalue weighted by atomic mass is 10.1. The standard InChI is InChI=1S/C25H20N2O5.C2H6/c1-32-24-13-16(6-12-23(24)30)5-11-22(29)18-3-2-4-19(14-18)27-15-21(26-25(27)31)17-7-9-20(28)10-8-17;1-2/h2-15,28,30H,1H3,(H,26,31);1-2H3/b11-5+;. The van der Waals surface area contributed by atoms with E-state index >= 15 is 0 Å². The van der Waals surface area contributed by atoms with Crippen LogP contribution in [-0.4, -0.2) is 32.7 Å². The summed E-state index contributed by atoms with van der Waals surface area (Å²) in [5, 5.41) is 19.1. The number of rotatable bonds is 6. The Labute approximate surface area is 197 Å². The topological polar surface area (TPSA) is 105 Å². The lowest BCUT2D eigenvalue weighted by Crippen LogP contribution is -2.14. The van der Waals surface area contributed by atoms with E-state index in [-0.39, 0.29) is 23.0 Å². The molecule has 34 heavy (non-hydrogen) atoms. The normalized spacial score (nSPS) is 10.6. The zero-order chi connectivity index (χ0) is 24.7. The van der Waals surface area contributed by atoms with E-state index in [2.05, 4.69) is 4.98 Å². The molecule has 174 valence electrons. The molecule has 3 aromatic carbocycles. The number of H-pyrrole nitrogens is 1. The number of aromatic amines is 1. The quantitative estimate of drug-likeness (QED) is 0.273. The number of allylic oxidation sites excluding steroid dienone is 1. The Kier molecular flexibility index (Phi) is 7.71. The number of carbonyl (C=O) groups excluding carboxylic acids is 1. The predicted octanol–water partition coefficient (Wildman–Crippen LogP) is 5.17. The first-order valence-corrected chi connectivity index (χ1v) is 10.8. The molecule has 4 aromatic rings. The number of hydrogen-bond donors (Lipinski definition) is 3. The molecule has 1 aromatic heterocycles. The molecule has 0 saturated heterocycles. The zero-order valence-electron chi connectivity index (χ0n) is 19.1. The van der Waals surface area contributed by atoms with Crippen molar-refractivity contribution in [3.05, 3.63) is 101 Å². The number of imidazole rings is 1. The highest BCUT2D eigenvalue weighted by molar-refractivity contribution is 6.07. The van der Waals surface area contributed by atoms with Gasteiger partial charge in [-0.05, 0) is 65.7 Å². The Morgan fingerprint density at radius 1 is 1.00 bits per heavy atom. The Morgan fingerprint density at radius 3 is 2.44 bits per heavy atom. The van der Waals surface area contributed by atoms with Crippen LogP contribution in [0.1, 0.15) is 29.8 Å². The first kappa shape index (κ1) is 24.1. The second-order valence-corrected chi connectivity index (χ2v) is 7.07. The summed E-state index contributed by atoms with van der Waals surface area (Å²) in [6, 6.07) is 18.0. The van der Waals surface area contributed by atoms with Gasteiger partial charge in [-0.25, -0.2) is 4.79 Å². The fourth-order valence-corrected chi connectivity index (χ4v) is 3.25. The molecule has 0 spiro atoms. The van der Waals surface area contributed by atoms with E-state index in [4.69, 9.17) is 4.74 Å². The number of aromatic nitrogens is 2. The smallest absolute Gasteiger partial charge is 0.330 e. The highest BCUT2D eigenvalue weighted by Gasteiger charge is 2.10. The number of nitrogens with one attached hydrogen (secondary N) is 1. The van der Waals surface area contributed by atoms with Crippen molar-refractivity contribution in [1.82, 2.24) is 9.55 Å². The summed E-state index contributed by atoms with van der Waals surface area (Å²) < 4.78 is 6.50. The molecule has 0 atom stereocenters. The maximum Gasteiger partial charge on any atom is 0.330 e. The molecular formula is C27H26N2O5. The third-order valence-electron chi connectivity index (χ3n) is 4.94. The number of ether oxygens (including phenoxy) is 1. The largest absolute Gasteiger partial charge is 0.508 e. The molecule has 0 fully saturated rings. The molecule has 4 rings (SSSR count). The van der Waals surface area contributed by atoms with Crippen molar-refractivity contribution in [2.45, 2.75) is 13.8 Å². The summed E-state index contributed by atoms with van der Waals surface area (Å²) in [7, 11) is 1.45. The maximum absolute atomic E-state index is 12.7. The summed E-state index contributed by atoms with van der Waals surface area (Å²) in [5.74, 6) is 0.243. The number of benzene rings is 3. The summed E-state index contributed by atoms with van der Waals surface area (Å²) in [5.41, 5.74) is 2.66. The lowest BCUT2D eigenvalue weighted by Gasteiger charge is -2.04. The minimum atomic E-state index is -0.343. The number of methoxy groups -OCH3 is 1. The van der Waals surface area contributed by atoms with E-state index < -0.39 is 0 Å². The molecule has 0 bridgehead atoms. The first-order chi connectivity index (χ1) is 16.4. The van der Waals surface area contributed by atoms with Crippen LogP contribution in [0.4, 0.5) is 0 Å². The van der Waals surface area contributed by atoms with E-state index in [1.165, 1.54) is 23.8 Å². The van der Waals surface area contributed by atoms with Crippen LogP contribution < -0.4 is 10.4 Å². The Hall–Kier alpha value is -4.52. The van der Waals surface area contributed by atoms with Gasteiger partial charge < -0.3 is 19.9 Å². The summed E-state index contributed by atoms with van der Waals surface area (Å²) in [4.78, 5) is 28.0. The maximum atomic E-state index is 12.7. The van der Waals surface area contributed by atoms with Gasteiger partial charge in [0, 0.05) is 11.8 Å². The predicted molar refractivity (Wildman–Crippen MR) is 133 cm³/mol. The average Bonchev–Trinajstić information content (AvgIpc) is 3.26. The van der Waals surface area contributed by atoms with E-state index in [0.717, 1.165) is 5.56 Å². The van der Waals surface area contributed by atoms with Crippen LogP contribution in [-0.2, 0) is 0 Å². The third-order valence-corrected chi connectivity index (χ3v) is 4.94. The van der Waals surface area contributed by atoms with E-state index in [0.29, 0.717) is 28.3 Å².